The average molecular weight is 313 g/mol. The summed E-state index contributed by atoms with van der Waals surface area (Å²) in [5.74, 6) is -1.09. The molecule has 0 unspecified atom stereocenters. The van der Waals surface area contributed by atoms with Crippen LogP contribution in [0.1, 0.15) is 5.69 Å². The quantitative estimate of drug-likeness (QED) is 0.872. The van der Waals surface area contributed by atoms with Crippen LogP contribution in [0.2, 0.25) is 0 Å². The van der Waals surface area contributed by atoms with Gasteiger partial charge in [0.15, 0.2) is 0 Å². The van der Waals surface area contributed by atoms with Crippen LogP contribution in [0.25, 0.3) is 10.9 Å². The molecule has 1 saturated heterocycles. The Kier molecular flexibility index (Phi) is 3.82. The zero-order chi connectivity index (χ0) is 16.4. The second kappa shape index (κ2) is 5.79. The number of rotatable bonds is 4. The lowest BCUT2D eigenvalue weighted by Gasteiger charge is -2.42. The molecule has 23 heavy (non-hydrogen) atoms. The van der Waals surface area contributed by atoms with E-state index in [-0.39, 0.29) is 25.5 Å². The molecule has 2 amide bonds. The average Bonchev–Trinajstić information content (AvgIpc) is 2.55. The van der Waals surface area contributed by atoms with E-state index in [4.69, 9.17) is 0 Å². The minimum Gasteiger partial charge on any atom is -0.348 e. The smallest absolute Gasteiger partial charge is 0.261 e. The van der Waals surface area contributed by atoms with Crippen LogP contribution in [0.4, 0.5) is 4.39 Å². The Bertz CT molecular complexity index is 784. The fourth-order valence-electron chi connectivity index (χ4n) is 2.52. The highest BCUT2D eigenvalue weighted by atomic mass is 19.1. The van der Waals surface area contributed by atoms with Gasteiger partial charge in [0, 0.05) is 5.39 Å². The molecule has 2 aromatic rings. The Morgan fingerprint density at radius 2 is 2.04 bits per heavy atom. The van der Waals surface area contributed by atoms with Gasteiger partial charge in [0.1, 0.15) is 0 Å². The Balaban J connectivity index is 1.60. The van der Waals surface area contributed by atoms with E-state index < -0.39 is 11.6 Å². The minimum atomic E-state index is -2.03. The highest BCUT2D eigenvalue weighted by Gasteiger charge is 2.51. The molecule has 1 aliphatic heterocycles. The van der Waals surface area contributed by atoms with Crippen molar-refractivity contribution in [1.29, 1.82) is 0 Å². The van der Waals surface area contributed by atoms with Gasteiger partial charge in [-0.05, 0) is 18.2 Å². The van der Waals surface area contributed by atoms with Crippen LogP contribution >= 0.6 is 0 Å². The Morgan fingerprint density at radius 3 is 2.78 bits per heavy atom. The lowest BCUT2D eigenvalue weighted by Crippen LogP contribution is -2.67. The number of benzene rings is 1. The number of alkyl halides is 1. The molecule has 1 N–H and O–H groups in total. The van der Waals surface area contributed by atoms with Crippen molar-refractivity contribution in [2.24, 2.45) is 0 Å². The third-order valence-electron chi connectivity index (χ3n) is 3.86. The molecule has 0 saturated carbocycles. The van der Waals surface area contributed by atoms with Crippen LogP contribution in [0.5, 0.6) is 0 Å². The van der Waals surface area contributed by atoms with Crippen molar-refractivity contribution < 1.29 is 14.0 Å². The van der Waals surface area contributed by atoms with Crippen molar-refractivity contribution in [2.45, 2.75) is 12.2 Å². The van der Waals surface area contributed by atoms with Gasteiger partial charge in [0.2, 0.25) is 11.6 Å². The van der Waals surface area contributed by atoms with E-state index in [1.165, 1.54) is 4.90 Å². The lowest BCUT2D eigenvalue weighted by molar-refractivity contribution is -0.153. The molecule has 1 fully saturated rings. The maximum atomic E-state index is 14.3. The number of carbonyl (C=O) groups is 2. The first-order chi connectivity index (χ1) is 11.0. The number of nitrogens with zero attached hydrogens (tertiary/aromatic N) is 2. The molecule has 0 bridgehead atoms. The molecule has 6 heteroatoms. The second-order valence-corrected chi connectivity index (χ2v) is 5.54. The largest absolute Gasteiger partial charge is 0.348 e. The van der Waals surface area contributed by atoms with Crippen molar-refractivity contribution >= 4 is 22.7 Å². The molecule has 1 aromatic carbocycles. The molecule has 118 valence electrons. The summed E-state index contributed by atoms with van der Waals surface area (Å²) in [5, 5.41) is 3.55. The maximum absolute atomic E-state index is 14.3. The molecular weight excluding hydrogens is 297 g/mol. The van der Waals surface area contributed by atoms with E-state index >= 15 is 0 Å². The number of aromatic nitrogens is 1. The van der Waals surface area contributed by atoms with Crippen molar-refractivity contribution in [3.8, 4) is 0 Å². The number of halogens is 1. The Labute approximate surface area is 132 Å². The van der Waals surface area contributed by atoms with Crippen LogP contribution < -0.4 is 5.32 Å². The molecule has 5 nitrogen and oxygen atoms in total. The van der Waals surface area contributed by atoms with Crippen LogP contribution in [-0.4, -0.2) is 40.5 Å². The molecule has 0 atom stereocenters. The van der Waals surface area contributed by atoms with Crippen molar-refractivity contribution in [2.75, 3.05) is 13.1 Å². The molecule has 0 aliphatic carbocycles. The van der Waals surface area contributed by atoms with Gasteiger partial charge >= 0.3 is 0 Å². The van der Waals surface area contributed by atoms with Crippen molar-refractivity contribution in [1.82, 2.24) is 15.2 Å². The molecule has 0 spiro atoms. The summed E-state index contributed by atoms with van der Waals surface area (Å²) < 4.78 is 14.3. The first-order valence-corrected chi connectivity index (χ1v) is 7.25. The van der Waals surface area contributed by atoms with Gasteiger partial charge in [0.25, 0.3) is 5.91 Å². The lowest BCUT2D eigenvalue weighted by atomic mass is 9.95. The summed E-state index contributed by atoms with van der Waals surface area (Å²) in [6.07, 6.45) is 1.11. The number of likely N-dealkylation sites (tertiary alicyclic amines) is 1. The molecule has 2 heterocycles. The first-order valence-electron chi connectivity index (χ1n) is 7.25. The van der Waals surface area contributed by atoms with Gasteiger partial charge in [-0.3, -0.25) is 14.6 Å². The molecular formula is C17H16FN3O2. The van der Waals surface area contributed by atoms with Crippen molar-refractivity contribution in [3.05, 3.63) is 54.7 Å². The van der Waals surface area contributed by atoms with Gasteiger partial charge < -0.3 is 10.2 Å². The summed E-state index contributed by atoms with van der Waals surface area (Å²) in [4.78, 5) is 28.9. The number of pyridine rings is 1. The monoisotopic (exact) mass is 313 g/mol. The number of carbonyl (C=O) groups excluding carboxylic acids is 2. The summed E-state index contributed by atoms with van der Waals surface area (Å²) in [6, 6.07) is 11.3. The number of hydrogen-bond acceptors (Lipinski definition) is 3. The normalized spacial score (nSPS) is 15.8. The number of hydrogen-bond donors (Lipinski definition) is 1. The standard InChI is InChI=1S/C17H16FN3O2/c1-2-15(22)21-10-17(18,11-21)16(23)19-9-13-8-7-12-5-3-4-6-14(12)20-13/h2-8H,1,9-11H2,(H,19,23). The van der Waals surface area contributed by atoms with E-state index in [1.807, 2.05) is 30.3 Å². The summed E-state index contributed by atoms with van der Waals surface area (Å²) >= 11 is 0. The van der Waals surface area contributed by atoms with Gasteiger partial charge in [-0.25, -0.2) is 4.39 Å². The molecule has 1 aliphatic rings. The second-order valence-electron chi connectivity index (χ2n) is 5.54. The van der Waals surface area contributed by atoms with Gasteiger partial charge in [0.05, 0.1) is 30.8 Å². The highest BCUT2D eigenvalue weighted by Crippen LogP contribution is 2.26. The van der Waals surface area contributed by atoms with Gasteiger partial charge in [-0.2, -0.15) is 0 Å². The SMILES string of the molecule is C=CC(=O)N1CC(F)(C(=O)NCc2ccc3ccccc3n2)C1. The van der Waals surface area contributed by atoms with Crippen molar-refractivity contribution in [3.63, 3.8) is 0 Å². The number of para-hydroxylation sites is 1. The topological polar surface area (TPSA) is 62.3 Å². The summed E-state index contributed by atoms with van der Waals surface area (Å²) in [5.41, 5.74) is -0.560. The van der Waals surface area contributed by atoms with Crippen LogP contribution in [0.15, 0.2) is 49.1 Å². The maximum Gasteiger partial charge on any atom is 0.261 e. The fraction of sp³-hybridized carbons (Fsp3) is 0.235. The highest BCUT2D eigenvalue weighted by molar-refractivity contribution is 5.93. The minimum absolute atomic E-state index is 0.144. The van der Waals surface area contributed by atoms with Crippen LogP contribution in [0.3, 0.4) is 0 Å². The van der Waals surface area contributed by atoms with Crippen LogP contribution in [0, 0.1) is 0 Å². The number of fused-ring (bicyclic) bond motifs is 1. The summed E-state index contributed by atoms with van der Waals surface area (Å²) in [7, 11) is 0. The van der Waals surface area contributed by atoms with E-state index in [9.17, 15) is 14.0 Å². The third kappa shape index (κ3) is 2.92. The first kappa shape index (κ1) is 15.1. The van der Waals surface area contributed by atoms with Crippen LogP contribution in [-0.2, 0) is 16.1 Å². The number of nitrogens with one attached hydrogen (secondary N) is 1. The Hall–Kier alpha value is -2.76. The molecule has 0 radical (unpaired) electrons. The van der Waals surface area contributed by atoms with E-state index in [1.54, 1.807) is 6.07 Å². The zero-order valence-corrected chi connectivity index (χ0v) is 12.5. The molecule has 3 rings (SSSR count). The van der Waals surface area contributed by atoms with E-state index in [2.05, 4.69) is 16.9 Å². The predicted octanol–water partition coefficient (Wildman–Crippen LogP) is 1.59. The third-order valence-corrected chi connectivity index (χ3v) is 3.86. The molecule has 1 aromatic heterocycles. The predicted molar refractivity (Wildman–Crippen MR) is 84.2 cm³/mol. The van der Waals surface area contributed by atoms with E-state index in [0.717, 1.165) is 17.0 Å². The zero-order valence-electron chi connectivity index (χ0n) is 12.5. The Morgan fingerprint density at radius 1 is 1.30 bits per heavy atom. The van der Waals surface area contributed by atoms with E-state index in [0.29, 0.717) is 5.69 Å². The van der Waals surface area contributed by atoms with Gasteiger partial charge in [-0.15, -0.1) is 0 Å². The summed E-state index contributed by atoms with van der Waals surface area (Å²) in [6.45, 7) is 3.00. The fourth-order valence-corrected chi connectivity index (χ4v) is 2.52. The number of amides is 2. The van der Waals surface area contributed by atoms with Gasteiger partial charge in [-0.1, -0.05) is 30.8 Å².